The first-order valence-corrected chi connectivity index (χ1v) is 23.8. The summed E-state index contributed by atoms with van der Waals surface area (Å²) in [5, 5.41) is 38.1. The number of fused-ring (bicyclic) bond motifs is 4. The van der Waals surface area contributed by atoms with Crippen molar-refractivity contribution in [3.8, 4) is 17.7 Å². The maximum absolute atomic E-state index is 12.0. The highest BCUT2D eigenvalue weighted by Crippen LogP contribution is 2.87. The summed E-state index contributed by atoms with van der Waals surface area (Å²) in [6, 6.07) is 10.1. The van der Waals surface area contributed by atoms with Gasteiger partial charge in [-0.1, -0.05) is 94.5 Å². The van der Waals surface area contributed by atoms with Gasteiger partial charge in [0.15, 0.2) is 6.19 Å². The van der Waals surface area contributed by atoms with Crippen molar-refractivity contribution in [3.05, 3.63) is 57.6 Å². The van der Waals surface area contributed by atoms with Crippen molar-refractivity contribution >= 4 is 0 Å². The van der Waals surface area contributed by atoms with E-state index < -0.39 is 11.2 Å². The summed E-state index contributed by atoms with van der Waals surface area (Å²) in [6.07, 6.45) is 14.2. The third-order valence-corrected chi connectivity index (χ3v) is 22.9. The lowest BCUT2D eigenvalue weighted by molar-refractivity contribution is -0.245. The Kier molecular flexibility index (Phi) is 7.36. The molecule has 6 spiro atoms. The van der Waals surface area contributed by atoms with Gasteiger partial charge in [-0.05, 0) is 137 Å². The Morgan fingerprint density at radius 3 is 1.66 bits per heavy atom. The number of hydrogen-bond donors (Lipinski definition) is 3. The van der Waals surface area contributed by atoms with Crippen molar-refractivity contribution in [2.45, 2.75) is 220 Å². The number of aryl methyl sites for hydroxylation is 2. The van der Waals surface area contributed by atoms with Gasteiger partial charge in [-0.3, -0.25) is 4.90 Å². The number of piperidine rings is 2. The van der Waals surface area contributed by atoms with E-state index in [1.165, 1.54) is 47.3 Å². The molecule has 16 atom stereocenters. The molecule has 0 amide bonds. The number of hydrogen-bond acceptors (Lipinski definition) is 7. The molecule has 8 bridgehead atoms. The third kappa shape index (κ3) is 3.80. The fourth-order valence-electron chi connectivity index (χ4n) is 19.4. The highest BCUT2D eigenvalue weighted by Gasteiger charge is 2.93. The van der Waals surface area contributed by atoms with Gasteiger partial charge in [-0.2, -0.15) is 5.26 Å². The normalized spacial score (nSPS) is 48.8. The Balaban J connectivity index is 0.000000135. The predicted octanol–water partition coefficient (Wildman–Crippen LogP) is 10.0. The van der Waals surface area contributed by atoms with E-state index >= 15 is 0 Å². The van der Waals surface area contributed by atoms with Crippen LogP contribution in [0.3, 0.4) is 0 Å². The van der Waals surface area contributed by atoms with E-state index in [-0.39, 0.29) is 87.8 Å². The minimum Gasteiger partial charge on any atom is -0.488 e. The van der Waals surface area contributed by atoms with E-state index in [1.54, 1.807) is 11.1 Å². The lowest BCUT2D eigenvalue weighted by Crippen LogP contribution is -2.73. The largest absolute Gasteiger partial charge is 0.488 e. The average Bonchev–Trinajstić information content (AvgIpc) is 3.77. The molecule has 16 rings (SSSR count). The van der Waals surface area contributed by atoms with Crippen LogP contribution < -0.4 is 14.8 Å². The molecule has 2 saturated heterocycles. The molecule has 4 aliphatic heterocycles. The molecule has 2 aromatic carbocycles. The monoisotopic (exact) mass is 844 g/mol. The molecular formula is C55H77N3O4. The summed E-state index contributed by atoms with van der Waals surface area (Å²) in [5.41, 5.74) is 7.33. The fourth-order valence-corrected chi connectivity index (χ4v) is 19.4. The molecule has 0 radical (unpaired) electrons. The lowest BCUT2D eigenvalue weighted by atomic mass is 9.35. The number of likely N-dealkylation sites (tertiary alicyclic amines) is 1. The van der Waals surface area contributed by atoms with Crippen molar-refractivity contribution in [1.82, 2.24) is 10.2 Å². The fraction of sp³-hybridized carbons (Fsp3) is 0.764. The van der Waals surface area contributed by atoms with E-state index in [0.29, 0.717) is 17.6 Å². The maximum atomic E-state index is 12.0. The number of nitrogens with one attached hydrogen (secondary N) is 1. The molecule has 7 nitrogen and oxygen atoms in total. The Hall–Kier alpha value is -2.79. The highest BCUT2D eigenvalue weighted by atomic mass is 16.5. The summed E-state index contributed by atoms with van der Waals surface area (Å²) >= 11 is 0. The summed E-state index contributed by atoms with van der Waals surface area (Å²) in [5.74, 6) is 2.75. The van der Waals surface area contributed by atoms with Crippen LogP contribution in [0.5, 0.6) is 11.5 Å². The second-order valence-electron chi connectivity index (χ2n) is 26.5. The summed E-state index contributed by atoms with van der Waals surface area (Å²) in [4.78, 5) is 2.15. The van der Waals surface area contributed by atoms with E-state index in [4.69, 9.17) is 9.47 Å². The van der Waals surface area contributed by atoms with Crippen LogP contribution in [0.4, 0.5) is 0 Å². The van der Waals surface area contributed by atoms with Gasteiger partial charge >= 0.3 is 0 Å². The van der Waals surface area contributed by atoms with Crippen LogP contribution in [0.25, 0.3) is 0 Å². The minimum absolute atomic E-state index is 0. The molecule has 8 saturated carbocycles. The molecule has 10 aliphatic carbocycles. The molecule has 336 valence electrons. The number of aliphatic hydroxyl groups is 2. The second-order valence-corrected chi connectivity index (χ2v) is 26.5. The van der Waals surface area contributed by atoms with Crippen LogP contribution in [-0.4, -0.2) is 61.7 Å². The number of benzene rings is 2. The molecule has 62 heavy (non-hydrogen) atoms. The van der Waals surface area contributed by atoms with Gasteiger partial charge in [0.2, 0.25) is 0 Å². The van der Waals surface area contributed by atoms with Crippen LogP contribution in [0.2, 0.25) is 0 Å². The minimum atomic E-state index is -0.803. The van der Waals surface area contributed by atoms with Gasteiger partial charge in [0.05, 0.1) is 22.8 Å². The van der Waals surface area contributed by atoms with Crippen LogP contribution in [0.15, 0.2) is 24.3 Å². The standard InChI is InChI=1S/C27H34N2O2.C26H35NO2.2CH4/c1-15-7-8-16-11-26-13-27-18(16)19(15)31-21(27)23(5)9-10-25(27,20(26)29(26)14-28)12-17(23)24(6,30)22(2,3)4;1-14-7-8-15-11-25-13-26-17(15)18(14)29-20(26)22(5)9-10-24(26,19(25)27-25)12-16(22)23(6,28)21(2,3)4;;/h7-8,17,20-21,30H,9-13H2,1-6H3;7-8,16,19-20,27-28H,9-13H2,1-6H3;2*1H4/t17?,20-,21?,23?,24?,25?,26+,27-,29?;16?,19-,20?,22?,23?,24?,25+,26-;;/m00../s1. The van der Waals surface area contributed by atoms with Gasteiger partial charge < -0.3 is 25.0 Å². The zero-order valence-corrected chi connectivity index (χ0v) is 38.4. The molecule has 3 N–H and O–H groups in total. The topological polar surface area (TPSA) is 108 Å². The first kappa shape index (κ1) is 41.9. The number of nitrogens with zero attached hydrogens (tertiary/aromatic N) is 2. The predicted molar refractivity (Wildman–Crippen MR) is 244 cm³/mol. The van der Waals surface area contributed by atoms with E-state index in [1.807, 2.05) is 0 Å². The second kappa shape index (κ2) is 10.9. The van der Waals surface area contributed by atoms with Gasteiger partial charge in [0, 0.05) is 55.2 Å². The molecule has 14 aliphatic rings. The molecule has 10 fully saturated rings. The van der Waals surface area contributed by atoms with Gasteiger partial charge in [0.1, 0.15) is 23.7 Å². The SMILES string of the molecule is C.C.Cc1ccc2c3c1OC1C4(C)CCC5(CC4C(C)(O)C(C)(C)C)[C@@H]4N(C#N)[C@]4(C2)C[C@]315.Cc1ccc2c3c1OC1C4(C)CCC5(CC4C(C)(O)C(C)(C)C)[C@@H]4N[C@]4(C2)C[C@]315. The van der Waals surface area contributed by atoms with Crippen molar-refractivity contribution < 1.29 is 19.7 Å². The van der Waals surface area contributed by atoms with E-state index in [0.717, 1.165) is 50.7 Å². The molecule has 10 unspecified atom stereocenters. The Labute approximate surface area is 373 Å². The van der Waals surface area contributed by atoms with Crippen molar-refractivity contribution in [3.63, 3.8) is 0 Å². The summed E-state index contributed by atoms with van der Waals surface area (Å²) in [6.45, 7) is 26.6. The van der Waals surface area contributed by atoms with Crippen LogP contribution in [-0.2, 0) is 23.7 Å². The molecule has 0 aromatic heterocycles. The van der Waals surface area contributed by atoms with E-state index in [9.17, 15) is 15.5 Å². The summed E-state index contributed by atoms with van der Waals surface area (Å²) < 4.78 is 14.1. The van der Waals surface area contributed by atoms with E-state index in [2.05, 4.69) is 124 Å². The maximum Gasteiger partial charge on any atom is 0.180 e. The van der Waals surface area contributed by atoms with Crippen LogP contribution in [0, 0.1) is 69.6 Å². The number of rotatable bonds is 2. The first-order chi connectivity index (χ1) is 27.8. The van der Waals surface area contributed by atoms with Crippen molar-refractivity contribution in [1.29, 1.82) is 5.26 Å². The van der Waals surface area contributed by atoms with Crippen LogP contribution in [0.1, 0.15) is 169 Å². The smallest absolute Gasteiger partial charge is 0.180 e. The lowest BCUT2D eigenvalue weighted by Gasteiger charge is -2.69. The molecule has 4 heterocycles. The zero-order valence-electron chi connectivity index (χ0n) is 38.4. The zero-order chi connectivity index (χ0) is 42.4. The first-order valence-electron chi connectivity index (χ1n) is 23.8. The van der Waals surface area contributed by atoms with Gasteiger partial charge in [-0.15, -0.1) is 0 Å². The molecule has 2 aromatic rings. The highest BCUT2D eigenvalue weighted by molar-refractivity contribution is 5.67. The third-order valence-electron chi connectivity index (χ3n) is 22.9. The Morgan fingerprint density at radius 2 is 1.16 bits per heavy atom. The van der Waals surface area contributed by atoms with Gasteiger partial charge in [-0.25, -0.2) is 0 Å². The Bertz CT molecular complexity index is 2440. The quantitative estimate of drug-likeness (QED) is 0.204. The van der Waals surface area contributed by atoms with Crippen LogP contribution >= 0.6 is 0 Å². The molecule has 7 heteroatoms. The number of nitriles is 1. The van der Waals surface area contributed by atoms with Gasteiger partial charge in [0.25, 0.3) is 0 Å². The van der Waals surface area contributed by atoms with Crippen molar-refractivity contribution in [2.24, 2.45) is 44.3 Å². The van der Waals surface area contributed by atoms with Crippen molar-refractivity contribution in [2.75, 3.05) is 0 Å². The summed E-state index contributed by atoms with van der Waals surface area (Å²) in [7, 11) is 0. The Morgan fingerprint density at radius 1 is 0.694 bits per heavy atom. The average molecular weight is 844 g/mol. The number of ether oxygens (including phenoxy) is 2. The molecular weight excluding hydrogens is 767 g/mol.